The first-order valence-corrected chi connectivity index (χ1v) is 9.33. The molecule has 1 saturated heterocycles. The Hall–Kier alpha value is -3.48. The smallest absolute Gasteiger partial charge is 0.252 e. The maximum Gasteiger partial charge on any atom is 0.252 e. The van der Waals surface area contributed by atoms with E-state index < -0.39 is 11.7 Å². The molecule has 1 fully saturated rings. The van der Waals surface area contributed by atoms with E-state index >= 15 is 0 Å². The number of imide groups is 1. The van der Waals surface area contributed by atoms with Crippen molar-refractivity contribution in [2.45, 2.75) is 12.8 Å². The topological polar surface area (TPSA) is 70.8 Å². The molecule has 6 nitrogen and oxygen atoms in total. The predicted octanol–water partition coefficient (Wildman–Crippen LogP) is 3.37. The predicted molar refractivity (Wildman–Crippen MR) is 104 cm³/mol. The van der Waals surface area contributed by atoms with E-state index in [1.807, 2.05) is 12.2 Å². The largest absolute Gasteiger partial charge is 0.465 e. The number of carbonyl (C=O) groups is 3. The number of rotatable bonds is 5. The van der Waals surface area contributed by atoms with Crippen LogP contribution in [0.4, 0.5) is 10.1 Å². The molecule has 148 valence electrons. The highest BCUT2D eigenvalue weighted by Gasteiger charge is 2.47. The van der Waals surface area contributed by atoms with Gasteiger partial charge in [0.2, 0.25) is 11.8 Å². The maximum atomic E-state index is 13.4. The number of benzene rings is 1. The number of hydrogen-bond acceptors (Lipinski definition) is 4. The quantitative estimate of drug-likeness (QED) is 0.443. The molecule has 2 aromatic rings. The second-order valence-corrected chi connectivity index (χ2v) is 6.99. The van der Waals surface area contributed by atoms with Gasteiger partial charge in [0.05, 0.1) is 18.1 Å². The summed E-state index contributed by atoms with van der Waals surface area (Å²) in [6.07, 6.45) is 9.14. The summed E-state index contributed by atoms with van der Waals surface area (Å²) in [6.45, 7) is -0.225. The Bertz CT molecular complexity index is 953. The molecule has 2 heterocycles. The van der Waals surface area contributed by atoms with Crippen LogP contribution in [-0.4, -0.2) is 29.3 Å². The number of hydrogen-bond donors (Lipinski definition) is 0. The molecule has 0 bridgehead atoms. The summed E-state index contributed by atoms with van der Waals surface area (Å²) < 4.78 is 18.5. The van der Waals surface area contributed by atoms with Crippen molar-refractivity contribution in [3.05, 3.63) is 72.5 Å². The number of allylic oxidation sites excluding steroid dienone is 2. The molecule has 0 spiro atoms. The van der Waals surface area contributed by atoms with Crippen molar-refractivity contribution >= 4 is 29.5 Å². The van der Waals surface area contributed by atoms with Gasteiger partial charge in [0.15, 0.2) is 0 Å². The Balaban J connectivity index is 1.60. The Kier molecular flexibility index (Phi) is 5.12. The Morgan fingerprint density at radius 3 is 2.34 bits per heavy atom. The van der Waals surface area contributed by atoms with Crippen molar-refractivity contribution in [3.8, 4) is 0 Å². The van der Waals surface area contributed by atoms with Crippen molar-refractivity contribution in [2.75, 3.05) is 11.6 Å². The molecule has 2 atom stereocenters. The third-order valence-electron chi connectivity index (χ3n) is 5.22. The van der Waals surface area contributed by atoms with E-state index in [0.717, 1.165) is 4.90 Å². The molecule has 1 aliphatic carbocycles. The van der Waals surface area contributed by atoms with Gasteiger partial charge >= 0.3 is 0 Å². The van der Waals surface area contributed by atoms with Crippen molar-refractivity contribution in [1.29, 1.82) is 0 Å². The second-order valence-electron chi connectivity index (χ2n) is 6.99. The van der Waals surface area contributed by atoms with Crippen LogP contribution in [0.2, 0.25) is 0 Å². The molecule has 1 aliphatic heterocycles. The Morgan fingerprint density at radius 1 is 1.10 bits per heavy atom. The summed E-state index contributed by atoms with van der Waals surface area (Å²) in [5.74, 6) is -1.73. The minimum absolute atomic E-state index is 0.225. The molecule has 0 unspecified atom stereocenters. The van der Waals surface area contributed by atoms with Crippen LogP contribution in [0.5, 0.6) is 0 Å². The van der Waals surface area contributed by atoms with Gasteiger partial charge in [-0.15, -0.1) is 0 Å². The Labute approximate surface area is 166 Å². The van der Waals surface area contributed by atoms with E-state index in [1.165, 1.54) is 47.6 Å². The lowest BCUT2D eigenvalue weighted by molar-refractivity contribution is -0.140. The summed E-state index contributed by atoms with van der Waals surface area (Å²) >= 11 is 0. The van der Waals surface area contributed by atoms with Gasteiger partial charge in [-0.1, -0.05) is 12.2 Å². The molecular weight excluding hydrogens is 375 g/mol. The highest BCUT2D eigenvalue weighted by molar-refractivity contribution is 6.08. The first-order chi connectivity index (χ1) is 14.0. The SMILES string of the molecule is O=C1[C@H]2CC=CC[C@@H]2C(=O)N1CN(C(=O)/C=C/c1ccco1)c1ccc(F)cc1. The van der Waals surface area contributed by atoms with Crippen LogP contribution in [0.25, 0.3) is 6.08 Å². The van der Waals surface area contributed by atoms with Crippen LogP contribution in [0.15, 0.2) is 65.3 Å². The zero-order valence-corrected chi connectivity index (χ0v) is 15.5. The van der Waals surface area contributed by atoms with Gasteiger partial charge in [0.25, 0.3) is 5.91 Å². The van der Waals surface area contributed by atoms with E-state index in [4.69, 9.17) is 4.42 Å². The van der Waals surface area contributed by atoms with Crippen molar-refractivity contribution in [3.63, 3.8) is 0 Å². The molecule has 0 radical (unpaired) electrons. The number of carbonyl (C=O) groups excluding carboxylic acids is 3. The summed E-state index contributed by atoms with van der Waals surface area (Å²) in [4.78, 5) is 40.8. The van der Waals surface area contributed by atoms with Crippen molar-refractivity contribution in [1.82, 2.24) is 4.90 Å². The molecule has 29 heavy (non-hydrogen) atoms. The molecule has 1 aromatic heterocycles. The minimum atomic E-state index is -0.457. The molecule has 2 aliphatic rings. The van der Waals surface area contributed by atoms with Crippen LogP contribution < -0.4 is 4.90 Å². The van der Waals surface area contributed by atoms with Gasteiger partial charge in [0.1, 0.15) is 18.2 Å². The zero-order valence-electron chi connectivity index (χ0n) is 15.5. The number of furan rings is 1. The average Bonchev–Trinajstić information content (AvgIpc) is 3.34. The summed E-state index contributed by atoms with van der Waals surface area (Å²) in [5.41, 5.74) is 0.383. The van der Waals surface area contributed by atoms with Gasteiger partial charge in [0, 0.05) is 11.8 Å². The molecule has 4 rings (SSSR count). The van der Waals surface area contributed by atoms with E-state index in [0.29, 0.717) is 24.3 Å². The third-order valence-corrected chi connectivity index (χ3v) is 5.22. The number of fused-ring (bicyclic) bond motifs is 1. The maximum absolute atomic E-state index is 13.4. The number of nitrogens with zero attached hydrogens (tertiary/aromatic N) is 2. The molecular formula is C22H19FN2O4. The van der Waals surface area contributed by atoms with Gasteiger partial charge < -0.3 is 4.42 Å². The van der Waals surface area contributed by atoms with Crippen LogP contribution in [-0.2, 0) is 14.4 Å². The van der Waals surface area contributed by atoms with Gasteiger partial charge in [-0.05, 0) is 55.3 Å². The molecule has 7 heteroatoms. The monoisotopic (exact) mass is 394 g/mol. The third kappa shape index (κ3) is 3.76. The highest BCUT2D eigenvalue weighted by atomic mass is 19.1. The standard InChI is InChI=1S/C22H19FN2O4/c23-15-7-9-16(10-8-15)24(20(26)12-11-17-4-3-13-29-17)14-25-21(27)18-5-1-2-6-19(18)22(25)28/h1-4,7-13,18-19H,5-6,14H2/b12-11+/t18-,19-/m0/s1. The van der Waals surface area contributed by atoms with Crippen LogP contribution in [0.1, 0.15) is 18.6 Å². The van der Waals surface area contributed by atoms with Crippen LogP contribution >= 0.6 is 0 Å². The molecule has 0 saturated carbocycles. The van der Waals surface area contributed by atoms with Crippen LogP contribution in [0.3, 0.4) is 0 Å². The van der Waals surface area contributed by atoms with E-state index in [1.54, 1.807) is 12.1 Å². The summed E-state index contributed by atoms with van der Waals surface area (Å²) in [7, 11) is 0. The van der Waals surface area contributed by atoms with Crippen molar-refractivity contribution < 1.29 is 23.2 Å². The first-order valence-electron chi connectivity index (χ1n) is 9.33. The lowest BCUT2D eigenvalue weighted by atomic mass is 9.85. The Morgan fingerprint density at radius 2 is 1.76 bits per heavy atom. The molecule has 1 aromatic carbocycles. The first kappa shape index (κ1) is 18.9. The minimum Gasteiger partial charge on any atom is -0.465 e. The lowest BCUT2D eigenvalue weighted by Crippen LogP contribution is -2.44. The second kappa shape index (κ2) is 7.87. The van der Waals surface area contributed by atoms with Gasteiger partial charge in [-0.2, -0.15) is 0 Å². The fraction of sp³-hybridized carbons (Fsp3) is 0.227. The fourth-order valence-electron chi connectivity index (χ4n) is 3.68. The van der Waals surface area contributed by atoms with Gasteiger partial charge in [-0.3, -0.25) is 24.2 Å². The number of amides is 3. The summed E-state index contributed by atoms with van der Waals surface area (Å²) in [6, 6.07) is 8.71. The normalized spacial score (nSPS) is 21.1. The van der Waals surface area contributed by atoms with Crippen molar-refractivity contribution in [2.24, 2.45) is 11.8 Å². The van der Waals surface area contributed by atoms with Crippen LogP contribution in [0, 0.1) is 17.7 Å². The number of anilines is 1. The van der Waals surface area contributed by atoms with Gasteiger partial charge in [-0.25, -0.2) is 4.39 Å². The fourth-order valence-corrected chi connectivity index (χ4v) is 3.68. The lowest BCUT2D eigenvalue weighted by Gasteiger charge is -2.26. The summed E-state index contributed by atoms with van der Waals surface area (Å²) in [5, 5.41) is 0. The van der Waals surface area contributed by atoms with E-state index in [9.17, 15) is 18.8 Å². The zero-order chi connectivity index (χ0) is 20.4. The molecule has 0 N–H and O–H groups in total. The van der Waals surface area contributed by atoms with E-state index in [2.05, 4.69) is 0 Å². The average molecular weight is 394 g/mol. The number of likely N-dealkylation sites (tertiary alicyclic amines) is 1. The number of halogens is 1. The molecule has 3 amide bonds. The van der Waals surface area contributed by atoms with E-state index in [-0.39, 0.29) is 30.3 Å². The highest BCUT2D eigenvalue weighted by Crippen LogP contribution is 2.35.